The maximum atomic E-state index is 13.1. The molecule has 1 fully saturated rings. The number of rotatable bonds is 9. The van der Waals surface area contributed by atoms with E-state index in [4.69, 9.17) is 4.74 Å². The fraction of sp³-hybridized carbons (Fsp3) is 0.480. The van der Waals surface area contributed by atoms with Gasteiger partial charge in [-0.3, -0.25) is 5.32 Å². The first kappa shape index (κ1) is 27.8. The van der Waals surface area contributed by atoms with Crippen molar-refractivity contribution in [3.8, 4) is 0 Å². The molecule has 5 nitrogen and oxygen atoms in total. The van der Waals surface area contributed by atoms with Gasteiger partial charge in [0.2, 0.25) is 0 Å². The minimum absolute atomic E-state index is 0.0890. The first-order valence-corrected chi connectivity index (χ1v) is 11.6. The van der Waals surface area contributed by atoms with E-state index in [9.17, 15) is 31.1 Å². The largest absolute Gasteiger partial charge is 0.416 e. The molecule has 1 heterocycles. The quantitative estimate of drug-likeness (QED) is 0.253. The van der Waals surface area contributed by atoms with E-state index >= 15 is 0 Å². The predicted molar refractivity (Wildman–Crippen MR) is 122 cm³/mol. The Hall–Kier alpha value is -2.79. The number of alkyl halides is 6. The number of amides is 2. The summed E-state index contributed by atoms with van der Waals surface area (Å²) in [5.41, 5.74) is -2.00. The highest BCUT2D eigenvalue weighted by molar-refractivity contribution is 5.74. The molecule has 2 aromatic carbocycles. The lowest BCUT2D eigenvalue weighted by Gasteiger charge is -2.24. The molecule has 3 rings (SSSR count). The number of hydrogen-bond donors (Lipinski definition) is 2. The highest BCUT2D eigenvalue weighted by atomic mass is 19.4. The zero-order valence-electron chi connectivity index (χ0n) is 19.8. The summed E-state index contributed by atoms with van der Waals surface area (Å²) >= 11 is 0. The molecule has 0 aromatic heterocycles. The van der Waals surface area contributed by atoms with Gasteiger partial charge in [-0.05, 0) is 55.5 Å². The zero-order chi connectivity index (χ0) is 26.3. The Morgan fingerprint density at radius 1 is 0.972 bits per heavy atom. The van der Waals surface area contributed by atoms with Gasteiger partial charge >= 0.3 is 18.4 Å². The third-order valence-electron chi connectivity index (χ3n) is 5.95. The van der Waals surface area contributed by atoms with Gasteiger partial charge in [0.05, 0.1) is 24.0 Å². The van der Waals surface area contributed by atoms with Crippen LogP contribution < -0.4 is 10.6 Å². The number of urea groups is 1. The van der Waals surface area contributed by atoms with E-state index in [-0.39, 0.29) is 37.0 Å². The Morgan fingerprint density at radius 2 is 1.56 bits per heavy atom. The zero-order valence-corrected chi connectivity index (χ0v) is 19.8. The lowest BCUT2D eigenvalue weighted by atomic mass is 10.0. The second-order valence-electron chi connectivity index (χ2n) is 8.78. The molecule has 2 aromatic rings. The van der Waals surface area contributed by atoms with Crippen molar-refractivity contribution in [1.82, 2.24) is 15.5 Å². The second-order valence-corrected chi connectivity index (χ2v) is 8.78. The summed E-state index contributed by atoms with van der Waals surface area (Å²) in [7, 11) is 0. The number of carbonyl (C=O) groups is 1. The van der Waals surface area contributed by atoms with Crippen LogP contribution in [0.1, 0.15) is 48.1 Å². The van der Waals surface area contributed by atoms with Gasteiger partial charge in [0.1, 0.15) is 0 Å². The molecule has 11 heteroatoms. The number of nitrogens with one attached hydrogen (secondary N) is 2. The average Bonchev–Trinajstić information content (AvgIpc) is 3.36. The second kappa shape index (κ2) is 12.0. The van der Waals surface area contributed by atoms with E-state index in [1.165, 1.54) is 6.92 Å². The van der Waals surface area contributed by atoms with Crippen LogP contribution >= 0.6 is 0 Å². The average molecular weight is 518 g/mol. The number of carbonyl (C=O) groups excluding carboxylic acids is 1. The van der Waals surface area contributed by atoms with Gasteiger partial charge < -0.3 is 15.0 Å². The minimum atomic E-state index is -4.92. The molecule has 2 N–H and O–H groups in total. The van der Waals surface area contributed by atoms with Crippen molar-refractivity contribution in [3.63, 3.8) is 0 Å². The van der Waals surface area contributed by atoms with E-state index in [1.807, 2.05) is 30.3 Å². The summed E-state index contributed by atoms with van der Waals surface area (Å²) in [6, 6.07) is 10.5. The van der Waals surface area contributed by atoms with Crippen LogP contribution in [0.3, 0.4) is 0 Å². The molecular weight excluding hydrogens is 488 g/mol. The lowest BCUT2D eigenvalue weighted by Crippen LogP contribution is -2.48. The van der Waals surface area contributed by atoms with Crippen molar-refractivity contribution in [2.24, 2.45) is 0 Å². The molecule has 2 atom stereocenters. The third kappa shape index (κ3) is 8.12. The molecule has 2 amide bonds. The van der Waals surface area contributed by atoms with Crippen molar-refractivity contribution < 1.29 is 35.9 Å². The maximum absolute atomic E-state index is 13.1. The van der Waals surface area contributed by atoms with Crippen molar-refractivity contribution in [2.45, 2.75) is 50.7 Å². The van der Waals surface area contributed by atoms with Crippen LogP contribution in [0.15, 0.2) is 48.5 Å². The fourth-order valence-electron chi connectivity index (χ4n) is 3.99. The van der Waals surface area contributed by atoms with Gasteiger partial charge in [0.15, 0.2) is 0 Å². The normalized spacial score (nSPS) is 16.1. The van der Waals surface area contributed by atoms with Gasteiger partial charge in [0, 0.05) is 25.7 Å². The molecule has 1 saturated heterocycles. The Kier molecular flexibility index (Phi) is 9.24. The Bertz CT molecular complexity index is 959. The van der Waals surface area contributed by atoms with Gasteiger partial charge in [-0.2, -0.15) is 26.3 Å². The maximum Gasteiger partial charge on any atom is 0.416 e. The van der Waals surface area contributed by atoms with Gasteiger partial charge in [-0.1, -0.05) is 30.3 Å². The van der Waals surface area contributed by atoms with Crippen molar-refractivity contribution in [3.05, 3.63) is 70.8 Å². The standard InChI is InChI=1S/C25H29F6N3O2/c1-17(19-12-20(24(26,27)28)14-21(13-19)25(29,30)31)36-16-32-15-22(11-18-7-3-2-4-8-18)33-23(35)34-9-5-6-10-34/h2-4,7-8,12-14,17,22,32H,5-6,9-11,15-16H2,1H3,(H,33,35)/t17-,22+/m1/s1. The van der Waals surface area contributed by atoms with Crippen molar-refractivity contribution in [1.29, 1.82) is 0 Å². The molecule has 0 bridgehead atoms. The number of hydrogen-bond acceptors (Lipinski definition) is 3. The molecule has 198 valence electrons. The molecule has 0 unspecified atom stereocenters. The van der Waals surface area contributed by atoms with Crippen molar-refractivity contribution >= 4 is 6.03 Å². The fourth-order valence-corrected chi connectivity index (χ4v) is 3.99. The first-order chi connectivity index (χ1) is 16.9. The van der Waals surface area contributed by atoms with Crippen molar-refractivity contribution in [2.75, 3.05) is 26.4 Å². The van der Waals surface area contributed by atoms with Crippen LogP contribution in [0.25, 0.3) is 0 Å². The number of likely N-dealkylation sites (tertiary alicyclic amines) is 1. The highest BCUT2D eigenvalue weighted by Gasteiger charge is 2.37. The molecule has 0 radical (unpaired) electrons. The van der Waals surface area contributed by atoms with Gasteiger partial charge in [-0.15, -0.1) is 0 Å². The Balaban J connectivity index is 1.61. The van der Waals surface area contributed by atoms with Crippen LogP contribution in [0.2, 0.25) is 0 Å². The molecule has 1 aliphatic rings. The van der Waals surface area contributed by atoms with Crippen LogP contribution in [-0.2, 0) is 23.5 Å². The van der Waals surface area contributed by atoms with Gasteiger partial charge in [0.25, 0.3) is 0 Å². The van der Waals surface area contributed by atoms with E-state index in [1.54, 1.807) is 4.90 Å². The molecule has 0 spiro atoms. The SMILES string of the molecule is C[C@@H](OCNC[C@H](Cc1ccccc1)NC(=O)N1CCCC1)c1cc(C(F)(F)F)cc(C(F)(F)F)c1. The molecule has 0 saturated carbocycles. The van der Waals surface area contributed by atoms with Crippen LogP contribution in [-0.4, -0.2) is 43.3 Å². The molecule has 36 heavy (non-hydrogen) atoms. The van der Waals surface area contributed by atoms with E-state index in [0.717, 1.165) is 18.4 Å². The molecular formula is C25H29F6N3O2. The summed E-state index contributed by atoms with van der Waals surface area (Å²) in [5, 5.41) is 5.99. The van der Waals surface area contributed by atoms with Gasteiger partial charge in [-0.25, -0.2) is 4.79 Å². The molecule has 1 aliphatic heterocycles. The summed E-state index contributed by atoms with van der Waals surface area (Å²) in [4.78, 5) is 14.3. The summed E-state index contributed by atoms with van der Waals surface area (Å²) in [5.74, 6) is 0. The van der Waals surface area contributed by atoms with Crippen LogP contribution in [0, 0.1) is 0 Å². The van der Waals surface area contributed by atoms with Crippen LogP contribution in [0.4, 0.5) is 31.1 Å². The number of benzene rings is 2. The third-order valence-corrected chi connectivity index (χ3v) is 5.95. The Morgan fingerprint density at radius 3 is 2.11 bits per heavy atom. The monoisotopic (exact) mass is 517 g/mol. The van der Waals surface area contributed by atoms with E-state index < -0.39 is 29.6 Å². The lowest BCUT2D eigenvalue weighted by molar-refractivity contribution is -0.143. The Labute approximate surface area is 205 Å². The smallest absolute Gasteiger partial charge is 0.359 e. The topological polar surface area (TPSA) is 53.6 Å². The van der Waals surface area contributed by atoms with Crippen LogP contribution in [0.5, 0.6) is 0 Å². The predicted octanol–water partition coefficient (Wildman–Crippen LogP) is 5.77. The minimum Gasteiger partial charge on any atom is -0.359 e. The van der Waals surface area contributed by atoms with E-state index in [2.05, 4.69) is 10.6 Å². The molecule has 0 aliphatic carbocycles. The number of nitrogens with zero attached hydrogens (tertiary/aromatic N) is 1. The summed E-state index contributed by atoms with van der Waals surface area (Å²) in [6.45, 7) is 2.92. The number of halogens is 6. The highest BCUT2D eigenvalue weighted by Crippen LogP contribution is 2.37. The summed E-state index contributed by atoms with van der Waals surface area (Å²) < 4.78 is 84.3. The van der Waals surface area contributed by atoms with E-state index in [0.29, 0.717) is 31.6 Å². The number of ether oxygens (including phenoxy) is 1. The first-order valence-electron chi connectivity index (χ1n) is 11.6. The summed E-state index contributed by atoms with van der Waals surface area (Å²) in [6.07, 6.45) is -8.45.